The number of ether oxygens (including phenoxy) is 1. The van der Waals surface area contributed by atoms with Crippen molar-refractivity contribution in [3.8, 4) is 5.75 Å². The summed E-state index contributed by atoms with van der Waals surface area (Å²) < 4.78 is 5.37. The normalized spacial score (nSPS) is 12.3. The van der Waals surface area contributed by atoms with Crippen LogP contribution < -0.4 is 4.89 Å². The van der Waals surface area contributed by atoms with Crippen LogP contribution in [0.1, 0.15) is 51.9 Å². The van der Waals surface area contributed by atoms with Gasteiger partial charge in [0.25, 0.3) is 0 Å². The van der Waals surface area contributed by atoms with Crippen molar-refractivity contribution in [2.24, 2.45) is 0 Å². The number of aliphatic hydroxyl groups is 1. The Morgan fingerprint density at radius 1 is 1.00 bits per heavy atom. The molecule has 0 saturated carbocycles. The molecule has 1 aromatic rings. The van der Waals surface area contributed by atoms with Crippen LogP contribution in [0.2, 0.25) is 0 Å². The first kappa shape index (κ1) is 18.9. The Labute approximate surface area is 134 Å². The fourth-order valence-corrected chi connectivity index (χ4v) is 2.19. The quantitative estimate of drug-likeness (QED) is 0.319. The van der Waals surface area contributed by atoms with E-state index in [1.54, 1.807) is 0 Å². The Bertz CT molecular complexity index is 342. The fourth-order valence-electron chi connectivity index (χ4n) is 2.19. The molecule has 1 unspecified atom stereocenters. The van der Waals surface area contributed by atoms with E-state index in [1.165, 1.54) is 32.1 Å². The van der Waals surface area contributed by atoms with Crippen molar-refractivity contribution in [2.45, 2.75) is 58.0 Å². The lowest BCUT2D eigenvalue weighted by Gasteiger charge is -2.16. The van der Waals surface area contributed by atoms with Crippen molar-refractivity contribution in [1.29, 1.82) is 0 Å². The molecule has 0 spiro atoms. The zero-order chi connectivity index (χ0) is 15.9. The zero-order valence-corrected chi connectivity index (χ0v) is 13.7. The van der Waals surface area contributed by atoms with Crippen LogP contribution in [-0.2, 0) is 9.62 Å². The molecule has 4 nitrogen and oxygen atoms in total. The largest absolute Gasteiger partial charge is 0.394 e. The third-order valence-electron chi connectivity index (χ3n) is 3.44. The minimum absolute atomic E-state index is 0.0310. The molecule has 0 bridgehead atoms. The van der Waals surface area contributed by atoms with Gasteiger partial charge < -0.3 is 14.7 Å². The molecule has 0 aromatic heterocycles. The summed E-state index contributed by atoms with van der Waals surface area (Å²) in [5.41, 5.74) is 0. The van der Waals surface area contributed by atoms with E-state index in [9.17, 15) is 0 Å². The molecule has 1 rings (SSSR count). The molecule has 22 heavy (non-hydrogen) atoms. The first-order chi connectivity index (χ1) is 10.9. The lowest BCUT2D eigenvalue weighted by atomic mass is 10.1. The summed E-state index contributed by atoms with van der Waals surface area (Å²) in [6.07, 6.45) is 8.30. The fraction of sp³-hybridized carbons (Fsp3) is 0.667. The lowest BCUT2D eigenvalue weighted by molar-refractivity contribution is -0.257. The predicted molar refractivity (Wildman–Crippen MR) is 87.8 cm³/mol. The highest BCUT2D eigenvalue weighted by Gasteiger charge is 2.11. The van der Waals surface area contributed by atoms with Crippen LogP contribution in [0.3, 0.4) is 0 Å². The predicted octanol–water partition coefficient (Wildman–Crippen LogP) is 4.13. The van der Waals surface area contributed by atoms with Crippen LogP contribution >= 0.6 is 0 Å². The van der Waals surface area contributed by atoms with E-state index in [0.717, 1.165) is 12.8 Å². The highest BCUT2D eigenvalue weighted by atomic mass is 17.2. The summed E-state index contributed by atoms with van der Waals surface area (Å²) in [7, 11) is 0. The van der Waals surface area contributed by atoms with Crippen molar-refractivity contribution in [2.75, 3.05) is 19.8 Å². The molecular formula is C18H30O4. The molecule has 0 aliphatic heterocycles. The maximum Gasteiger partial charge on any atom is 0.165 e. The van der Waals surface area contributed by atoms with Gasteiger partial charge in [0, 0.05) is 0 Å². The Kier molecular flexibility index (Phi) is 11.7. The molecule has 0 heterocycles. The van der Waals surface area contributed by atoms with E-state index in [4.69, 9.17) is 19.6 Å². The SMILES string of the molecule is CCCCCCCCC(COCCO)OOc1ccccc1. The smallest absolute Gasteiger partial charge is 0.165 e. The highest BCUT2D eigenvalue weighted by Crippen LogP contribution is 2.14. The van der Waals surface area contributed by atoms with Crippen LogP contribution in [0, 0.1) is 0 Å². The molecule has 0 saturated heterocycles. The van der Waals surface area contributed by atoms with Gasteiger partial charge in [0.1, 0.15) is 6.10 Å². The Morgan fingerprint density at radius 3 is 2.45 bits per heavy atom. The van der Waals surface area contributed by atoms with Crippen molar-refractivity contribution >= 4 is 0 Å². The van der Waals surface area contributed by atoms with E-state index in [0.29, 0.717) is 19.0 Å². The second-order valence-electron chi connectivity index (χ2n) is 5.47. The topological polar surface area (TPSA) is 47.9 Å². The molecule has 1 atom stereocenters. The maximum absolute atomic E-state index is 8.79. The van der Waals surface area contributed by atoms with Crippen LogP contribution in [0.15, 0.2) is 30.3 Å². The monoisotopic (exact) mass is 310 g/mol. The van der Waals surface area contributed by atoms with Gasteiger partial charge in [0.2, 0.25) is 0 Å². The summed E-state index contributed by atoms with van der Waals surface area (Å²) in [5, 5.41) is 8.79. The second-order valence-corrected chi connectivity index (χ2v) is 5.47. The average Bonchev–Trinajstić information content (AvgIpc) is 2.56. The molecule has 0 amide bonds. The number of aliphatic hydroxyl groups excluding tert-OH is 1. The van der Waals surface area contributed by atoms with Crippen molar-refractivity contribution < 1.29 is 19.6 Å². The first-order valence-corrected chi connectivity index (χ1v) is 8.43. The number of hydrogen-bond acceptors (Lipinski definition) is 4. The zero-order valence-electron chi connectivity index (χ0n) is 13.7. The van der Waals surface area contributed by atoms with Crippen LogP contribution in [0.5, 0.6) is 5.75 Å². The highest BCUT2D eigenvalue weighted by molar-refractivity contribution is 5.20. The van der Waals surface area contributed by atoms with Gasteiger partial charge in [-0.05, 0) is 18.6 Å². The number of rotatable bonds is 14. The third-order valence-corrected chi connectivity index (χ3v) is 3.44. The number of benzene rings is 1. The second kappa shape index (κ2) is 13.6. The molecule has 0 radical (unpaired) electrons. The van der Waals surface area contributed by atoms with Crippen LogP contribution in [0.4, 0.5) is 0 Å². The Hall–Kier alpha value is -1.10. The summed E-state index contributed by atoms with van der Waals surface area (Å²) in [6.45, 7) is 3.04. The molecule has 4 heteroatoms. The Balaban J connectivity index is 2.23. The van der Waals surface area contributed by atoms with E-state index in [-0.39, 0.29) is 12.7 Å². The molecule has 1 N–H and O–H groups in total. The number of para-hydroxylation sites is 1. The Morgan fingerprint density at radius 2 is 1.73 bits per heavy atom. The summed E-state index contributed by atoms with van der Waals surface area (Å²) >= 11 is 0. The van der Waals surface area contributed by atoms with E-state index in [2.05, 4.69) is 6.92 Å². The van der Waals surface area contributed by atoms with Gasteiger partial charge in [-0.25, -0.2) is 0 Å². The van der Waals surface area contributed by atoms with E-state index < -0.39 is 0 Å². The minimum atomic E-state index is -0.0991. The average molecular weight is 310 g/mol. The minimum Gasteiger partial charge on any atom is -0.394 e. The standard InChI is InChI=1S/C18H30O4/c1-2-3-4-5-6-8-13-18(16-20-15-14-19)22-21-17-11-9-7-10-12-17/h7,9-12,18-19H,2-6,8,13-16H2,1H3. The third kappa shape index (κ3) is 9.77. The van der Waals surface area contributed by atoms with E-state index in [1.807, 2.05) is 30.3 Å². The van der Waals surface area contributed by atoms with Gasteiger partial charge in [-0.1, -0.05) is 63.6 Å². The van der Waals surface area contributed by atoms with Gasteiger partial charge in [-0.15, -0.1) is 0 Å². The summed E-state index contributed by atoms with van der Waals surface area (Å²) in [4.78, 5) is 10.8. The van der Waals surface area contributed by atoms with Crippen molar-refractivity contribution in [1.82, 2.24) is 0 Å². The van der Waals surface area contributed by atoms with Crippen LogP contribution in [-0.4, -0.2) is 31.0 Å². The summed E-state index contributed by atoms with van der Waals surface area (Å²) in [6, 6.07) is 9.46. The lowest BCUT2D eigenvalue weighted by Crippen LogP contribution is -2.22. The van der Waals surface area contributed by atoms with E-state index >= 15 is 0 Å². The summed E-state index contributed by atoms with van der Waals surface area (Å²) in [5.74, 6) is 0.692. The van der Waals surface area contributed by atoms with Crippen LogP contribution in [0.25, 0.3) is 0 Å². The molecule has 0 aliphatic rings. The molecule has 1 aromatic carbocycles. The van der Waals surface area contributed by atoms with Gasteiger partial charge in [0.15, 0.2) is 5.75 Å². The van der Waals surface area contributed by atoms with Gasteiger partial charge in [-0.3, -0.25) is 0 Å². The molecule has 0 aliphatic carbocycles. The van der Waals surface area contributed by atoms with Crippen molar-refractivity contribution in [3.05, 3.63) is 30.3 Å². The van der Waals surface area contributed by atoms with Crippen molar-refractivity contribution in [3.63, 3.8) is 0 Å². The number of hydrogen-bond donors (Lipinski definition) is 1. The van der Waals surface area contributed by atoms with Gasteiger partial charge >= 0.3 is 0 Å². The first-order valence-electron chi connectivity index (χ1n) is 8.43. The van der Waals surface area contributed by atoms with Gasteiger partial charge in [0.05, 0.1) is 19.8 Å². The maximum atomic E-state index is 8.79. The number of unbranched alkanes of at least 4 members (excludes halogenated alkanes) is 5. The van der Waals surface area contributed by atoms with Gasteiger partial charge in [-0.2, -0.15) is 4.89 Å². The molecule has 126 valence electrons. The molecule has 0 fully saturated rings. The molecular weight excluding hydrogens is 280 g/mol.